The van der Waals surface area contributed by atoms with E-state index in [0.717, 1.165) is 32.2 Å². The van der Waals surface area contributed by atoms with Gasteiger partial charge in [0, 0.05) is 6.54 Å². The Morgan fingerprint density at radius 1 is 1.47 bits per heavy atom. The second-order valence-corrected chi connectivity index (χ2v) is 4.79. The zero-order valence-electron chi connectivity index (χ0n) is 11.4. The number of anilines is 2. The molecule has 0 spiro atoms. The molecule has 0 radical (unpaired) electrons. The van der Waals surface area contributed by atoms with Gasteiger partial charge in [-0.3, -0.25) is 0 Å². The molecule has 6 heteroatoms. The maximum atomic E-state index is 9.47. The van der Waals surface area contributed by atoms with Crippen LogP contribution in [0.2, 0.25) is 0 Å². The lowest BCUT2D eigenvalue weighted by molar-refractivity contribution is 0.239. The molecular formula is C13H22N4O2. The van der Waals surface area contributed by atoms with Gasteiger partial charge in [-0.1, -0.05) is 6.92 Å². The van der Waals surface area contributed by atoms with E-state index >= 15 is 0 Å². The van der Waals surface area contributed by atoms with Crippen LogP contribution in [0.15, 0.2) is 6.33 Å². The third kappa shape index (κ3) is 3.07. The molecule has 19 heavy (non-hydrogen) atoms. The number of nitrogen functional groups attached to an aromatic ring is 1. The smallest absolute Gasteiger partial charge is 0.242 e. The number of nitrogens with zero attached hydrogens (tertiary/aromatic N) is 3. The van der Waals surface area contributed by atoms with Gasteiger partial charge in [0.25, 0.3) is 0 Å². The number of aromatic nitrogens is 2. The van der Waals surface area contributed by atoms with Crippen molar-refractivity contribution in [3.63, 3.8) is 0 Å². The van der Waals surface area contributed by atoms with Gasteiger partial charge in [0.2, 0.25) is 5.88 Å². The third-order valence-electron chi connectivity index (χ3n) is 3.38. The summed E-state index contributed by atoms with van der Waals surface area (Å²) in [4.78, 5) is 10.4. The van der Waals surface area contributed by atoms with Crippen LogP contribution in [0.5, 0.6) is 5.88 Å². The molecule has 1 fully saturated rings. The van der Waals surface area contributed by atoms with Gasteiger partial charge in [0.15, 0.2) is 5.82 Å². The summed E-state index contributed by atoms with van der Waals surface area (Å²) in [5.41, 5.74) is 6.57. The molecule has 1 unspecified atom stereocenters. The highest BCUT2D eigenvalue weighted by Gasteiger charge is 2.25. The summed E-state index contributed by atoms with van der Waals surface area (Å²) in [7, 11) is 0. The molecule has 1 aliphatic heterocycles. The van der Waals surface area contributed by atoms with Crippen LogP contribution in [0.25, 0.3) is 0 Å². The van der Waals surface area contributed by atoms with Gasteiger partial charge in [0.05, 0.1) is 19.3 Å². The van der Waals surface area contributed by atoms with Crippen molar-refractivity contribution in [1.29, 1.82) is 0 Å². The number of aliphatic hydroxyl groups excluding tert-OH is 1. The van der Waals surface area contributed by atoms with Crippen molar-refractivity contribution in [1.82, 2.24) is 9.97 Å². The highest BCUT2D eigenvalue weighted by molar-refractivity contribution is 5.68. The van der Waals surface area contributed by atoms with Crippen LogP contribution < -0.4 is 15.4 Å². The molecule has 0 bridgehead atoms. The first-order chi connectivity index (χ1) is 9.27. The summed E-state index contributed by atoms with van der Waals surface area (Å²) >= 11 is 0. The second kappa shape index (κ2) is 6.56. The first kappa shape index (κ1) is 13.9. The van der Waals surface area contributed by atoms with Crippen molar-refractivity contribution >= 4 is 11.5 Å². The molecular weight excluding hydrogens is 244 g/mol. The van der Waals surface area contributed by atoms with E-state index in [-0.39, 0.29) is 12.6 Å². The molecule has 1 aromatic heterocycles. The van der Waals surface area contributed by atoms with Gasteiger partial charge in [-0.25, -0.2) is 4.98 Å². The zero-order valence-corrected chi connectivity index (χ0v) is 11.4. The van der Waals surface area contributed by atoms with Crippen LogP contribution in [0, 0.1) is 0 Å². The van der Waals surface area contributed by atoms with E-state index in [9.17, 15) is 5.11 Å². The van der Waals surface area contributed by atoms with Crippen molar-refractivity contribution in [2.24, 2.45) is 0 Å². The fourth-order valence-electron chi connectivity index (χ4n) is 2.38. The summed E-state index contributed by atoms with van der Waals surface area (Å²) in [6.45, 7) is 3.60. The predicted octanol–water partition coefficient (Wildman–Crippen LogP) is 1.20. The minimum Gasteiger partial charge on any atom is -0.476 e. The molecule has 0 amide bonds. The first-order valence-electron chi connectivity index (χ1n) is 6.88. The maximum absolute atomic E-state index is 9.47. The number of piperidine rings is 1. The Bertz CT molecular complexity index is 414. The molecule has 1 aromatic rings. The van der Waals surface area contributed by atoms with Gasteiger partial charge < -0.3 is 20.5 Å². The maximum Gasteiger partial charge on any atom is 0.242 e. The van der Waals surface area contributed by atoms with Crippen molar-refractivity contribution in [3.8, 4) is 5.88 Å². The number of rotatable bonds is 5. The third-order valence-corrected chi connectivity index (χ3v) is 3.38. The van der Waals surface area contributed by atoms with Crippen molar-refractivity contribution in [2.45, 2.75) is 38.6 Å². The first-order valence-corrected chi connectivity index (χ1v) is 6.88. The van der Waals surface area contributed by atoms with E-state index in [2.05, 4.69) is 14.9 Å². The largest absolute Gasteiger partial charge is 0.476 e. The monoisotopic (exact) mass is 266 g/mol. The number of nitrogens with two attached hydrogens (primary N) is 1. The summed E-state index contributed by atoms with van der Waals surface area (Å²) in [6.07, 6.45) is 5.56. The van der Waals surface area contributed by atoms with Crippen molar-refractivity contribution in [3.05, 3.63) is 6.33 Å². The quantitative estimate of drug-likeness (QED) is 0.833. The minimum atomic E-state index is 0.0879. The molecule has 2 heterocycles. The van der Waals surface area contributed by atoms with E-state index < -0.39 is 0 Å². The number of hydrogen-bond donors (Lipinski definition) is 2. The Kier molecular flexibility index (Phi) is 4.79. The average Bonchev–Trinajstić information content (AvgIpc) is 2.46. The summed E-state index contributed by atoms with van der Waals surface area (Å²) < 4.78 is 5.52. The normalized spacial score (nSPS) is 19.5. The molecule has 1 atom stereocenters. The van der Waals surface area contributed by atoms with Gasteiger partial charge in [0.1, 0.15) is 12.0 Å². The Hall–Kier alpha value is -1.56. The Labute approximate surface area is 113 Å². The Morgan fingerprint density at radius 3 is 3.05 bits per heavy atom. The van der Waals surface area contributed by atoms with Crippen LogP contribution in [0.4, 0.5) is 11.5 Å². The minimum absolute atomic E-state index is 0.0879. The second-order valence-electron chi connectivity index (χ2n) is 4.79. The summed E-state index contributed by atoms with van der Waals surface area (Å²) in [6, 6.07) is 0.0879. The highest BCUT2D eigenvalue weighted by atomic mass is 16.5. The molecule has 1 saturated heterocycles. The topological polar surface area (TPSA) is 84.5 Å². The number of aliphatic hydroxyl groups is 1. The van der Waals surface area contributed by atoms with Crippen LogP contribution in [-0.4, -0.2) is 40.9 Å². The fraction of sp³-hybridized carbons (Fsp3) is 0.692. The van der Waals surface area contributed by atoms with Crippen LogP contribution in [0.1, 0.15) is 32.6 Å². The molecule has 3 N–H and O–H groups in total. The van der Waals surface area contributed by atoms with Crippen molar-refractivity contribution < 1.29 is 9.84 Å². The average molecular weight is 266 g/mol. The lowest BCUT2D eigenvalue weighted by Gasteiger charge is -2.36. The predicted molar refractivity (Wildman–Crippen MR) is 74.3 cm³/mol. The lowest BCUT2D eigenvalue weighted by atomic mass is 10.0. The van der Waals surface area contributed by atoms with Gasteiger partial charge in [-0.15, -0.1) is 0 Å². The van der Waals surface area contributed by atoms with E-state index in [0.29, 0.717) is 24.0 Å². The molecule has 2 rings (SSSR count). The fourth-order valence-corrected chi connectivity index (χ4v) is 2.38. The molecule has 0 aliphatic carbocycles. The number of hydrogen-bond acceptors (Lipinski definition) is 6. The van der Waals surface area contributed by atoms with Gasteiger partial charge >= 0.3 is 0 Å². The molecule has 0 aromatic carbocycles. The van der Waals surface area contributed by atoms with Crippen LogP contribution >= 0.6 is 0 Å². The van der Waals surface area contributed by atoms with Gasteiger partial charge in [-0.05, 0) is 25.7 Å². The Morgan fingerprint density at radius 2 is 2.32 bits per heavy atom. The molecule has 0 saturated carbocycles. The number of ether oxygens (including phenoxy) is 1. The molecule has 106 valence electrons. The van der Waals surface area contributed by atoms with Gasteiger partial charge in [-0.2, -0.15) is 4.98 Å². The summed E-state index contributed by atoms with van der Waals surface area (Å²) in [5, 5.41) is 9.47. The Balaban J connectivity index is 2.22. The standard InChI is InChI=1S/C13H22N4O2/c1-2-7-19-13-11(14)12(15-9-16-13)17-6-4-3-5-10(17)8-18/h9-10,18H,2-8,14H2,1H3. The molecule has 1 aliphatic rings. The van der Waals surface area contributed by atoms with E-state index in [1.54, 1.807) is 0 Å². The van der Waals surface area contributed by atoms with Crippen LogP contribution in [0.3, 0.4) is 0 Å². The van der Waals surface area contributed by atoms with E-state index in [1.807, 2.05) is 6.92 Å². The highest BCUT2D eigenvalue weighted by Crippen LogP contribution is 2.32. The lowest BCUT2D eigenvalue weighted by Crippen LogP contribution is -2.42. The SMILES string of the molecule is CCCOc1ncnc(N2CCCCC2CO)c1N. The van der Waals surface area contributed by atoms with Crippen LogP contribution in [-0.2, 0) is 0 Å². The van der Waals surface area contributed by atoms with E-state index in [1.165, 1.54) is 6.33 Å². The van der Waals surface area contributed by atoms with Crippen molar-refractivity contribution in [2.75, 3.05) is 30.4 Å². The zero-order chi connectivity index (χ0) is 13.7. The summed E-state index contributed by atoms with van der Waals surface area (Å²) in [5.74, 6) is 1.12. The van der Waals surface area contributed by atoms with E-state index in [4.69, 9.17) is 10.5 Å². The molecule has 6 nitrogen and oxygen atoms in total.